The number of carbonyl (C=O) groups excluding carboxylic acids is 1. The monoisotopic (exact) mass is 394 g/mol. The number of Topliss-reactive ketones (excluding diaryl/α,β-unsaturated/α-hetero) is 1. The highest BCUT2D eigenvalue weighted by Crippen LogP contribution is 2.55. The Bertz CT molecular complexity index is 1140. The van der Waals surface area contributed by atoms with E-state index in [0.29, 0.717) is 12.2 Å². The summed E-state index contributed by atoms with van der Waals surface area (Å²) < 4.78 is 0. The third kappa shape index (κ3) is 2.68. The van der Waals surface area contributed by atoms with E-state index in [0.717, 1.165) is 35.2 Å². The van der Waals surface area contributed by atoms with E-state index in [1.807, 2.05) is 43.5 Å². The molecule has 0 bridgehead atoms. The van der Waals surface area contributed by atoms with Gasteiger partial charge in [0.25, 0.3) is 0 Å². The first kappa shape index (κ1) is 18.6. The van der Waals surface area contributed by atoms with Crippen molar-refractivity contribution in [1.29, 1.82) is 5.26 Å². The lowest BCUT2D eigenvalue weighted by Crippen LogP contribution is -2.53. The third-order valence-electron chi connectivity index (χ3n) is 6.93. The molecule has 1 saturated carbocycles. The summed E-state index contributed by atoms with van der Waals surface area (Å²) >= 11 is 0. The van der Waals surface area contributed by atoms with Crippen LogP contribution in [-0.4, -0.2) is 20.7 Å². The molecule has 0 amide bonds. The Hall–Kier alpha value is -3.39. The fourth-order valence-electron chi connectivity index (χ4n) is 5.52. The summed E-state index contributed by atoms with van der Waals surface area (Å²) in [4.78, 5) is 26.8. The van der Waals surface area contributed by atoms with Gasteiger partial charge in [-0.3, -0.25) is 9.78 Å². The van der Waals surface area contributed by atoms with Gasteiger partial charge in [0.15, 0.2) is 11.6 Å². The lowest BCUT2D eigenvalue weighted by Gasteiger charge is -2.51. The van der Waals surface area contributed by atoms with Crippen molar-refractivity contribution in [1.82, 2.24) is 15.0 Å². The summed E-state index contributed by atoms with van der Waals surface area (Å²) in [6.07, 6.45) is 7.63. The van der Waals surface area contributed by atoms with Gasteiger partial charge in [0.2, 0.25) is 0 Å². The van der Waals surface area contributed by atoms with Crippen LogP contribution in [0.15, 0.2) is 61.1 Å². The smallest absolute Gasteiger partial charge is 0.160 e. The Labute approximate surface area is 175 Å². The van der Waals surface area contributed by atoms with E-state index in [-0.39, 0.29) is 17.6 Å². The number of benzene rings is 1. The first-order valence-electron chi connectivity index (χ1n) is 10.4. The fraction of sp³-hybridized carbons (Fsp3) is 0.320. The van der Waals surface area contributed by atoms with Crippen LogP contribution < -0.4 is 0 Å². The van der Waals surface area contributed by atoms with E-state index in [2.05, 4.69) is 28.2 Å². The van der Waals surface area contributed by atoms with Gasteiger partial charge in [0, 0.05) is 35.5 Å². The second kappa shape index (κ2) is 7.14. The molecule has 30 heavy (non-hydrogen) atoms. The second-order valence-corrected chi connectivity index (χ2v) is 8.37. The van der Waals surface area contributed by atoms with E-state index in [4.69, 9.17) is 4.98 Å². The maximum absolute atomic E-state index is 12.9. The zero-order chi connectivity index (χ0) is 20.7. The predicted octanol–water partition coefficient (Wildman–Crippen LogP) is 4.14. The Morgan fingerprint density at radius 2 is 1.97 bits per heavy atom. The number of carbonyl (C=O) groups is 1. The number of rotatable bonds is 2. The zero-order valence-electron chi connectivity index (χ0n) is 16.8. The molecule has 5 rings (SSSR count). The maximum Gasteiger partial charge on any atom is 0.160 e. The van der Waals surface area contributed by atoms with Gasteiger partial charge in [-0.05, 0) is 48.4 Å². The van der Waals surface area contributed by atoms with Crippen LogP contribution in [0.25, 0.3) is 11.4 Å². The molecule has 3 aromatic rings. The molecule has 1 aromatic carbocycles. The highest BCUT2D eigenvalue weighted by Gasteiger charge is 2.56. The van der Waals surface area contributed by atoms with Crippen LogP contribution in [0.3, 0.4) is 0 Å². The molecular weight excluding hydrogens is 372 g/mol. The molecule has 0 spiro atoms. The van der Waals surface area contributed by atoms with Gasteiger partial charge >= 0.3 is 0 Å². The number of fused-ring (bicyclic) bond motifs is 3. The summed E-state index contributed by atoms with van der Waals surface area (Å²) in [7, 11) is 0. The van der Waals surface area contributed by atoms with Crippen LogP contribution in [0.2, 0.25) is 0 Å². The molecule has 1 unspecified atom stereocenters. The molecule has 148 valence electrons. The number of pyridine rings is 1. The first-order chi connectivity index (χ1) is 14.6. The summed E-state index contributed by atoms with van der Waals surface area (Å²) in [6, 6.07) is 16.4. The number of nitrogens with zero attached hydrogens (tertiary/aromatic N) is 4. The van der Waals surface area contributed by atoms with Gasteiger partial charge in [-0.15, -0.1) is 0 Å². The van der Waals surface area contributed by atoms with Crippen LogP contribution in [0.5, 0.6) is 0 Å². The third-order valence-corrected chi connectivity index (χ3v) is 6.93. The van der Waals surface area contributed by atoms with Crippen LogP contribution in [0.4, 0.5) is 0 Å². The molecule has 2 aromatic heterocycles. The van der Waals surface area contributed by atoms with Crippen molar-refractivity contribution in [3.05, 3.63) is 77.9 Å². The standard InChI is InChI=1S/C25H22N4O/c1-16-21-10-9-17-15-28-24(18-6-5-11-27-14-18)29-23(17)25(21,12-19(13-26)22(16)30)20-7-3-2-4-8-20/h2-8,11,14-16,19,21H,9-10,12H2,1H3/t16-,19?,21-,25-/m0/s1. The highest BCUT2D eigenvalue weighted by molar-refractivity contribution is 5.87. The van der Waals surface area contributed by atoms with Gasteiger partial charge in [-0.2, -0.15) is 5.26 Å². The van der Waals surface area contributed by atoms with Crippen LogP contribution in [-0.2, 0) is 16.6 Å². The highest BCUT2D eigenvalue weighted by atomic mass is 16.1. The quantitative estimate of drug-likeness (QED) is 0.653. The fourth-order valence-corrected chi connectivity index (χ4v) is 5.52. The van der Waals surface area contributed by atoms with Gasteiger partial charge in [-0.25, -0.2) is 9.97 Å². The van der Waals surface area contributed by atoms with E-state index < -0.39 is 11.3 Å². The Kier molecular flexibility index (Phi) is 4.43. The van der Waals surface area contributed by atoms with Gasteiger partial charge in [-0.1, -0.05) is 37.3 Å². The van der Waals surface area contributed by atoms with E-state index in [9.17, 15) is 10.1 Å². The van der Waals surface area contributed by atoms with Crippen molar-refractivity contribution in [3.8, 4) is 17.5 Å². The van der Waals surface area contributed by atoms with E-state index in [1.54, 1.807) is 12.4 Å². The maximum atomic E-state index is 12.9. The van der Waals surface area contributed by atoms with Gasteiger partial charge in [0.1, 0.15) is 5.92 Å². The Morgan fingerprint density at radius 3 is 2.70 bits per heavy atom. The SMILES string of the molecule is C[C@@H]1C(=O)C(C#N)C[C@@]2(c3ccccc3)c3nc(-c4cccnc4)ncc3CC[C@@H]12. The predicted molar refractivity (Wildman–Crippen MR) is 112 cm³/mol. The number of ketones is 1. The summed E-state index contributed by atoms with van der Waals surface area (Å²) in [5, 5.41) is 9.80. The number of aromatic nitrogens is 3. The van der Waals surface area contributed by atoms with Crippen molar-refractivity contribution in [3.63, 3.8) is 0 Å². The lowest BCUT2D eigenvalue weighted by molar-refractivity contribution is -0.131. The molecule has 1 fully saturated rings. The minimum Gasteiger partial charge on any atom is -0.298 e. The topological polar surface area (TPSA) is 79.5 Å². The normalized spacial score (nSPS) is 27.6. The van der Waals surface area contributed by atoms with Crippen LogP contribution in [0, 0.1) is 29.1 Å². The first-order valence-corrected chi connectivity index (χ1v) is 10.4. The lowest BCUT2D eigenvalue weighted by atomic mass is 9.51. The number of nitriles is 1. The zero-order valence-corrected chi connectivity index (χ0v) is 16.8. The average molecular weight is 394 g/mol. The van der Waals surface area contributed by atoms with Crippen molar-refractivity contribution in [2.45, 2.75) is 31.6 Å². The Morgan fingerprint density at radius 1 is 1.13 bits per heavy atom. The summed E-state index contributed by atoms with van der Waals surface area (Å²) in [5.41, 5.74) is 3.61. The summed E-state index contributed by atoms with van der Waals surface area (Å²) in [6.45, 7) is 1.99. The van der Waals surface area contributed by atoms with Crippen molar-refractivity contribution in [2.24, 2.45) is 17.8 Å². The molecule has 2 aliphatic rings. The molecule has 0 saturated heterocycles. The van der Waals surface area contributed by atoms with E-state index >= 15 is 0 Å². The van der Waals surface area contributed by atoms with Gasteiger partial charge in [0.05, 0.1) is 11.8 Å². The molecule has 0 N–H and O–H groups in total. The molecule has 2 aliphatic carbocycles. The molecule has 2 heterocycles. The average Bonchev–Trinajstić information content (AvgIpc) is 2.82. The van der Waals surface area contributed by atoms with E-state index in [1.165, 1.54) is 0 Å². The second-order valence-electron chi connectivity index (χ2n) is 8.37. The molecule has 5 nitrogen and oxygen atoms in total. The Balaban J connectivity index is 1.77. The molecule has 0 radical (unpaired) electrons. The summed E-state index contributed by atoms with van der Waals surface area (Å²) in [5.74, 6) is 0.00355. The largest absolute Gasteiger partial charge is 0.298 e. The number of aryl methyl sites for hydroxylation is 1. The number of hydrogen-bond donors (Lipinski definition) is 0. The molecule has 4 atom stereocenters. The number of hydrogen-bond acceptors (Lipinski definition) is 5. The minimum absolute atomic E-state index is 0.0686. The minimum atomic E-state index is -0.626. The van der Waals surface area contributed by atoms with Crippen molar-refractivity contribution in [2.75, 3.05) is 0 Å². The molecular formula is C25H22N4O. The van der Waals surface area contributed by atoms with Crippen molar-refractivity contribution >= 4 is 5.78 Å². The molecule has 5 heteroatoms. The van der Waals surface area contributed by atoms with Gasteiger partial charge < -0.3 is 0 Å². The molecule has 0 aliphatic heterocycles. The van der Waals surface area contributed by atoms with Crippen LogP contribution >= 0.6 is 0 Å². The van der Waals surface area contributed by atoms with Crippen molar-refractivity contribution < 1.29 is 4.79 Å². The van der Waals surface area contributed by atoms with Crippen LogP contribution in [0.1, 0.15) is 36.6 Å².